The van der Waals surface area contributed by atoms with E-state index in [0.717, 1.165) is 17.7 Å². The van der Waals surface area contributed by atoms with Gasteiger partial charge in [0.25, 0.3) is 5.91 Å². The van der Waals surface area contributed by atoms with Crippen LogP contribution in [-0.4, -0.2) is 24.8 Å². The molecule has 19 heavy (non-hydrogen) atoms. The van der Waals surface area contributed by atoms with Crippen LogP contribution in [0.4, 0.5) is 0 Å². The third kappa shape index (κ3) is 5.42. The molecule has 0 aliphatic heterocycles. The van der Waals surface area contributed by atoms with Gasteiger partial charge < -0.3 is 10.2 Å². The smallest absolute Gasteiger partial charge is 0.260 e. The van der Waals surface area contributed by atoms with E-state index in [9.17, 15) is 4.79 Å². The molecule has 1 aromatic heterocycles. The van der Waals surface area contributed by atoms with Gasteiger partial charge in [-0.15, -0.1) is 11.3 Å². The molecule has 0 atom stereocenters. The van der Waals surface area contributed by atoms with Gasteiger partial charge in [-0.2, -0.15) is 0 Å². The summed E-state index contributed by atoms with van der Waals surface area (Å²) in [5, 5.41) is 8.78. The lowest BCUT2D eigenvalue weighted by Gasteiger charge is -2.15. The lowest BCUT2D eigenvalue weighted by Crippen LogP contribution is -2.36. The van der Waals surface area contributed by atoms with Crippen LogP contribution in [0.5, 0.6) is 0 Å². The zero-order valence-corrected chi connectivity index (χ0v) is 11.8. The minimum atomic E-state index is -0.0739. The summed E-state index contributed by atoms with van der Waals surface area (Å²) in [6, 6.07) is 4.22. The normalized spacial score (nSPS) is 17.3. The molecule has 2 rings (SSSR count). The number of thiophene rings is 1. The fraction of sp³-hybridized carbons (Fsp3) is 0.571. The Morgan fingerprint density at radius 1 is 1.42 bits per heavy atom. The molecule has 0 unspecified atom stereocenters. The summed E-state index contributed by atoms with van der Waals surface area (Å²) in [6.07, 6.45) is 8.80. The van der Waals surface area contributed by atoms with Crippen LogP contribution in [0.1, 0.15) is 43.4 Å². The summed E-state index contributed by atoms with van der Waals surface area (Å²) in [5.41, 5.74) is 0. The van der Waals surface area contributed by atoms with Crippen molar-refractivity contribution in [1.29, 1.82) is 0 Å². The van der Waals surface area contributed by atoms with E-state index in [4.69, 9.17) is 4.84 Å². The largest absolute Gasteiger partial charge is 0.386 e. The van der Waals surface area contributed by atoms with Crippen molar-refractivity contribution in [1.82, 2.24) is 5.32 Å². The number of nitrogens with zero attached hydrogens (tertiary/aromatic N) is 1. The molecule has 1 aliphatic carbocycles. The van der Waals surface area contributed by atoms with E-state index in [0.29, 0.717) is 6.04 Å². The van der Waals surface area contributed by atoms with Crippen molar-refractivity contribution in [2.75, 3.05) is 6.61 Å². The lowest BCUT2D eigenvalue weighted by atomic mass is 10.1. The molecule has 0 bridgehead atoms. The van der Waals surface area contributed by atoms with Gasteiger partial charge in [0.2, 0.25) is 0 Å². The zero-order valence-electron chi connectivity index (χ0n) is 11.0. The van der Waals surface area contributed by atoms with E-state index in [1.54, 1.807) is 17.6 Å². The van der Waals surface area contributed by atoms with Crippen molar-refractivity contribution in [2.45, 2.75) is 44.6 Å². The van der Waals surface area contributed by atoms with Crippen LogP contribution >= 0.6 is 11.3 Å². The predicted molar refractivity (Wildman–Crippen MR) is 77.5 cm³/mol. The number of hydrogen-bond acceptors (Lipinski definition) is 4. The Morgan fingerprint density at radius 3 is 2.89 bits per heavy atom. The minimum Gasteiger partial charge on any atom is -0.386 e. The number of carbonyl (C=O) groups is 1. The molecule has 0 aromatic carbocycles. The van der Waals surface area contributed by atoms with Crippen LogP contribution in [-0.2, 0) is 9.63 Å². The van der Waals surface area contributed by atoms with Gasteiger partial charge in [0.1, 0.15) is 0 Å². The molecule has 0 saturated heterocycles. The number of carbonyl (C=O) groups excluding carboxylic acids is 1. The summed E-state index contributed by atoms with van der Waals surface area (Å²) >= 11 is 1.58. The molecule has 4 nitrogen and oxygen atoms in total. The highest BCUT2D eigenvalue weighted by molar-refractivity contribution is 7.11. The van der Waals surface area contributed by atoms with Gasteiger partial charge in [-0.25, -0.2) is 0 Å². The molecular weight excluding hydrogens is 260 g/mol. The summed E-state index contributed by atoms with van der Waals surface area (Å²) in [6.45, 7) is -0.00161. The lowest BCUT2D eigenvalue weighted by molar-refractivity contribution is -0.126. The molecule has 0 spiro atoms. The molecule has 1 amide bonds. The van der Waals surface area contributed by atoms with Crippen molar-refractivity contribution in [3.05, 3.63) is 22.4 Å². The molecule has 1 saturated carbocycles. The quantitative estimate of drug-likeness (QED) is 0.512. The number of nitrogens with one attached hydrogen (secondary N) is 1. The standard InChI is InChI=1S/C14H20N2O2S/c17-14(16-12-6-3-1-2-4-7-12)11-18-15-10-13-8-5-9-19-13/h5,8-10,12H,1-4,6-7,11H2,(H,16,17)/b15-10+. The Kier molecular flexibility index (Phi) is 5.88. The highest BCUT2D eigenvalue weighted by Crippen LogP contribution is 2.17. The number of amides is 1. The van der Waals surface area contributed by atoms with Gasteiger partial charge in [0.15, 0.2) is 6.61 Å². The second-order valence-corrected chi connectivity index (χ2v) is 5.76. The van der Waals surface area contributed by atoms with Crippen LogP contribution < -0.4 is 5.32 Å². The minimum absolute atomic E-state index is 0.00161. The van der Waals surface area contributed by atoms with Crippen LogP contribution in [0, 0.1) is 0 Å². The van der Waals surface area contributed by atoms with Crippen LogP contribution in [0.2, 0.25) is 0 Å². The summed E-state index contributed by atoms with van der Waals surface area (Å²) < 4.78 is 0. The average molecular weight is 280 g/mol. The Bertz CT molecular complexity index is 396. The Balaban J connectivity index is 1.63. The first-order chi connectivity index (χ1) is 9.34. The molecule has 5 heteroatoms. The van der Waals surface area contributed by atoms with Crippen molar-refractivity contribution in [2.24, 2.45) is 5.16 Å². The number of hydrogen-bond donors (Lipinski definition) is 1. The molecule has 1 fully saturated rings. The maximum atomic E-state index is 11.7. The van der Waals surface area contributed by atoms with Gasteiger partial charge >= 0.3 is 0 Å². The van der Waals surface area contributed by atoms with Gasteiger partial charge in [-0.05, 0) is 24.3 Å². The van der Waals surface area contributed by atoms with Crippen molar-refractivity contribution in [3.8, 4) is 0 Å². The Hall–Kier alpha value is -1.36. The second kappa shape index (κ2) is 7.94. The maximum absolute atomic E-state index is 11.7. The van der Waals surface area contributed by atoms with Crippen molar-refractivity contribution < 1.29 is 9.63 Å². The zero-order chi connectivity index (χ0) is 13.3. The molecule has 0 radical (unpaired) electrons. The summed E-state index contributed by atoms with van der Waals surface area (Å²) in [7, 11) is 0. The predicted octanol–water partition coefficient (Wildman–Crippen LogP) is 2.94. The second-order valence-electron chi connectivity index (χ2n) is 4.78. The molecule has 1 aliphatic rings. The molecule has 1 heterocycles. The Labute approximate surface area is 117 Å². The fourth-order valence-electron chi connectivity index (χ4n) is 2.24. The molecular formula is C14H20N2O2S. The Morgan fingerprint density at radius 2 is 2.21 bits per heavy atom. The monoisotopic (exact) mass is 280 g/mol. The topological polar surface area (TPSA) is 50.7 Å². The number of oxime groups is 1. The van der Waals surface area contributed by atoms with E-state index in [1.165, 1.54) is 25.7 Å². The van der Waals surface area contributed by atoms with Crippen molar-refractivity contribution >= 4 is 23.5 Å². The van der Waals surface area contributed by atoms with Crippen LogP contribution in [0.3, 0.4) is 0 Å². The van der Waals surface area contributed by atoms with E-state index in [2.05, 4.69) is 10.5 Å². The van der Waals surface area contributed by atoms with Crippen LogP contribution in [0.25, 0.3) is 0 Å². The van der Waals surface area contributed by atoms with E-state index in [1.807, 2.05) is 17.5 Å². The summed E-state index contributed by atoms with van der Waals surface area (Å²) in [4.78, 5) is 17.7. The summed E-state index contributed by atoms with van der Waals surface area (Å²) in [5.74, 6) is -0.0739. The molecule has 1 N–H and O–H groups in total. The molecule has 1 aromatic rings. The first kappa shape index (κ1) is 14.1. The van der Waals surface area contributed by atoms with Gasteiger partial charge in [-0.3, -0.25) is 4.79 Å². The third-order valence-electron chi connectivity index (χ3n) is 3.21. The van der Waals surface area contributed by atoms with E-state index < -0.39 is 0 Å². The SMILES string of the molecule is O=C(CO/N=C/c1cccs1)NC1CCCCCC1. The van der Waals surface area contributed by atoms with E-state index >= 15 is 0 Å². The van der Waals surface area contributed by atoms with E-state index in [-0.39, 0.29) is 12.5 Å². The molecule has 104 valence electrons. The average Bonchev–Trinajstić information content (AvgIpc) is 2.79. The third-order valence-corrected chi connectivity index (χ3v) is 4.02. The van der Waals surface area contributed by atoms with Gasteiger partial charge in [0, 0.05) is 10.9 Å². The number of rotatable bonds is 5. The van der Waals surface area contributed by atoms with Gasteiger partial charge in [0.05, 0.1) is 6.21 Å². The highest BCUT2D eigenvalue weighted by Gasteiger charge is 2.14. The first-order valence-corrected chi connectivity index (χ1v) is 7.71. The maximum Gasteiger partial charge on any atom is 0.260 e. The van der Waals surface area contributed by atoms with Crippen molar-refractivity contribution in [3.63, 3.8) is 0 Å². The first-order valence-electron chi connectivity index (χ1n) is 6.83. The van der Waals surface area contributed by atoms with Gasteiger partial charge in [-0.1, -0.05) is 36.9 Å². The fourth-order valence-corrected chi connectivity index (χ4v) is 2.82. The highest BCUT2D eigenvalue weighted by atomic mass is 32.1. The van der Waals surface area contributed by atoms with Crippen LogP contribution in [0.15, 0.2) is 22.7 Å².